The summed E-state index contributed by atoms with van der Waals surface area (Å²) in [6.07, 6.45) is 7.17. The lowest BCUT2D eigenvalue weighted by atomic mass is 9.89. The Morgan fingerprint density at radius 2 is 1.33 bits per heavy atom. The van der Waals surface area contributed by atoms with Crippen molar-refractivity contribution in [2.45, 2.75) is 32.6 Å². The van der Waals surface area contributed by atoms with Crippen LogP contribution in [-0.2, 0) is 0 Å². The van der Waals surface area contributed by atoms with Crippen molar-refractivity contribution in [3.05, 3.63) is 110 Å². The van der Waals surface area contributed by atoms with Crippen molar-refractivity contribution in [2.24, 2.45) is 0 Å². The molecule has 0 fully saturated rings. The second kappa shape index (κ2) is 9.84. The van der Waals surface area contributed by atoms with Crippen molar-refractivity contribution in [3.63, 3.8) is 0 Å². The van der Waals surface area contributed by atoms with Gasteiger partial charge in [0, 0.05) is 25.8 Å². The highest BCUT2D eigenvalue weighted by atomic mass is 127. The Hall–Kier alpha value is -2.75. The Morgan fingerprint density at radius 1 is 0.700 bits per heavy atom. The minimum Gasteiger partial charge on any atom is -0.0807 e. The molecule has 146 valence electrons. The molecule has 0 amide bonds. The third-order valence-corrected chi connectivity index (χ3v) is 5.96. The van der Waals surface area contributed by atoms with E-state index in [4.69, 9.17) is 0 Å². The van der Waals surface area contributed by atoms with Gasteiger partial charge < -0.3 is 0 Å². The average Bonchev–Trinajstić information content (AvgIpc) is 2.79. The van der Waals surface area contributed by atoms with E-state index in [1.165, 1.54) is 33.1 Å². The Bertz CT molecular complexity index is 1190. The maximum atomic E-state index is 3.41. The molecule has 0 radical (unpaired) electrons. The van der Waals surface area contributed by atoms with E-state index >= 15 is 0 Å². The first kappa shape index (κ1) is 20.5. The molecule has 0 saturated carbocycles. The fraction of sp³-hybridized carbons (Fsp3) is 0.172. The quantitative estimate of drug-likeness (QED) is 0.243. The molecule has 0 heterocycles. The Balaban J connectivity index is 1.69. The van der Waals surface area contributed by atoms with Crippen LogP contribution in [0.25, 0.3) is 5.57 Å². The molecule has 0 spiro atoms. The normalized spacial score (nSPS) is 12.8. The number of aryl methyl sites for hydroxylation is 1. The van der Waals surface area contributed by atoms with E-state index in [0.29, 0.717) is 0 Å². The number of halogens is 1. The van der Waals surface area contributed by atoms with Gasteiger partial charge in [-0.3, -0.25) is 0 Å². The molecule has 0 aromatic heterocycles. The van der Waals surface area contributed by atoms with Crippen LogP contribution in [0.3, 0.4) is 0 Å². The minimum atomic E-state index is 1.04. The number of hydrogen-bond acceptors (Lipinski definition) is 0. The summed E-state index contributed by atoms with van der Waals surface area (Å²) >= 11 is 2.32. The van der Waals surface area contributed by atoms with E-state index in [1.807, 2.05) is 0 Å². The second-order valence-corrected chi connectivity index (χ2v) is 8.85. The average molecular weight is 498 g/mol. The lowest BCUT2D eigenvalue weighted by Gasteiger charge is -2.15. The molecule has 0 unspecified atom stereocenters. The fourth-order valence-corrected chi connectivity index (χ4v) is 3.89. The van der Waals surface area contributed by atoms with Crippen LogP contribution in [0.5, 0.6) is 0 Å². The highest BCUT2D eigenvalue weighted by molar-refractivity contribution is 14.1. The first-order valence-electron chi connectivity index (χ1n) is 10.4. The lowest BCUT2D eigenvalue weighted by Crippen LogP contribution is -1.96. The number of rotatable bonds is 1. The van der Waals surface area contributed by atoms with Gasteiger partial charge in [-0.25, -0.2) is 0 Å². The maximum Gasteiger partial charge on any atom is 0.0324 e. The van der Waals surface area contributed by atoms with Crippen molar-refractivity contribution in [3.8, 4) is 23.7 Å². The molecule has 30 heavy (non-hydrogen) atoms. The van der Waals surface area contributed by atoms with Gasteiger partial charge in [0.25, 0.3) is 0 Å². The summed E-state index contributed by atoms with van der Waals surface area (Å²) in [6.45, 7) is 2.09. The van der Waals surface area contributed by atoms with Crippen LogP contribution in [0.4, 0.5) is 0 Å². The van der Waals surface area contributed by atoms with E-state index in [0.717, 1.165) is 35.1 Å². The molecule has 0 aliphatic heterocycles. The summed E-state index contributed by atoms with van der Waals surface area (Å²) < 4.78 is 1.22. The standard InChI is InChI=1S/C29H23I/c1-22-7-9-23(10-8-22)11-12-25-14-18-27(17-13-24-15-19-28(30)20-16-24)29(21-25)26-5-3-2-4-6-26/h5,7-10,14-16,18-21H,2-4,6H2,1H3. The SMILES string of the molecule is Cc1ccc(C#Cc2ccc(C#Cc3ccc(I)cc3)c(C3=CCCCC3)c2)cc1. The lowest BCUT2D eigenvalue weighted by molar-refractivity contribution is 0.742. The number of hydrogen-bond donors (Lipinski definition) is 0. The predicted octanol–water partition coefficient (Wildman–Crippen LogP) is 7.36. The molecule has 0 bridgehead atoms. The molecular formula is C29H23I. The summed E-state index contributed by atoms with van der Waals surface area (Å²) in [5.41, 5.74) is 8.11. The molecule has 3 aromatic rings. The van der Waals surface area contributed by atoms with Gasteiger partial charge in [-0.2, -0.15) is 0 Å². The molecule has 3 aromatic carbocycles. The van der Waals surface area contributed by atoms with E-state index in [1.54, 1.807) is 0 Å². The van der Waals surface area contributed by atoms with Crippen LogP contribution in [0.1, 0.15) is 59.1 Å². The summed E-state index contributed by atoms with van der Waals surface area (Å²) in [5, 5.41) is 0. The van der Waals surface area contributed by atoms with Gasteiger partial charge in [-0.05, 0) is 121 Å². The minimum absolute atomic E-state index is 1.04. The van der Waals surface area contributed by atoms with Gasteiger partial charge in [-0.1, -0.05) is 47.5 Å². The van der Waals surface area contributed by atoms with Crippen molar-refractivity contribution in [1.82, 2.24) is 0 Å². The smallest absolute Gasteiger partial charge is 0.0324 e. The first-order valence-corrected chi connectivity index (χ1v) is 11.4. The van der Waals surface area contributed by atoms with E-state index in [9.17, 15) is 0 Å². The zero-order valence-electron chi connectivity index (χ0n) is 17.1. The molecule has 4 rings (SSSR count). The van der Waals surface area contributed by atoms with Crippen LogP contribution >= 0.6 is 22.6 Å². The predicted molar refractivity (Wildman–Crippen MR) is 135 cm³/mol. The highest BCUT2D eigenvalue weighted by Gasteiger charge is 2.10. The molecule has 0 N–H and O–H groups in total. The molecule has 1 heteroatoms. The topological polar surface area (TPSA) is 0 Å². The molecular weight excluding hydrogens is 475 g/mol. The third kappa shape index (κ3) is 5.44. The number of allylic oxidation sites excluding steroid dienone is 2. The summed E-state index contributed by atoms with van der Waals surface area (Å²) in [4.78, 5) is 0. The maximum absolute atomic E-state index is 3.41. The van der Waals surface area contributed by atoms with Crippen molar-refractivity contribution >= 4 is 28.2 Å². The van der Waals surface area contributed by atoms with Crippen LogP contribution < -0.4 is 0 Å². The van der Waals surface area contributed by atoms with Gasteiger partial charge in [0.2, 0.25) is 0 Å². The van der Waals surface area contributed by atoms with Gasteiger partial charge >= 0.3 is 0 Å². The largest absolute Gasteiger partial charge is 0.0807 e. The van der Waals surface area contributed by atoms with E-state index in [-0.39, 0.29) is 0 Å². The zero-order chi connectivity index (χ0) is 20.8. The summed E-state index contributed by atoms with van der Waals surface area (Å²) in [5.74, 6) is 13.4. The monoisotopic (exact) mass is 498 g/mol. The molecule has 1 aliphatic rings. The highest BCUT2D eigenvalue weighted by Crippen LogP contribution is 2.29. The molecule has 1 aliphatic carbocycles. The van der Waals surface area contributed by atoms with E-state index in [2.05, 4.69) is 126 Å². The Labute approximate surface area is 193 Å². The van der Waals surface area contributed by atoms with Crippen molar-refractivity contribution in [2.75, 3.05) is 0 Å². The molecule has 0 nitrogen and oxygen atoms in total. The van der Waals surface area contributed by atoms with Crippen LogP contribution in [-0.4, -0.2) is 0 Å². The Morgan fingerprint density at radius 3 is 2.03 bits per heavy atom. The molecule has 0 saturated heterocycles. The van der Waals surface area contributed by atoms with Crippen molar-refractivity contribution < 1.29 is 0 Å². The number of benzene rings is 3. The van der Waals surface area contributed by atoms with Gasteiger partial charge in [0.05, 0.1) is 0 Å². The van der Waals surface area contributed by atoms with Crippen LogP contribution in [0.15, 0.2) is 72.8 Å². The fourth-order valence-electron chi connectivity index (χ4n) is 3.53. The summed E-state index contributed by atoms with van der Waals surface area (Å²) in [7, 11) is 0. The van der Waals surface area contributed by atoms with Crippen LogP contribution in [0.2, 0.25) is 0 Å². The zero-order valence-corrected chi connectivity index (χ0v) is 19.3. The summed E-state index contributed by atoms with van der Waals surface area (Å²) in [6, 6.07) is 23.1. The van der Waals surface area contributed by atoms with Gasteiger partial charge in [0.1, 0.15) is 0 Å². The molecule has 0 atom stereocenters. The van der Waals surface area contributed by atoms with Gasteiger partial charge in [0.15, 0.2) is 0 Å². The van der Waals surface area contributed by atoms with Crippen LogP contribution in [0, 0.1) is 34.2 Å². The second-order valence-electron chi connectivity index (χ2n) is 7.61. The van der Waals surface area contributed by atoms with E-state index < -0.39 is 0 Å². The Kier molecular flexibility index (Phi) is 6.73. The van der Waals surface area contributed by atoms with Gasteiger partial charge in [-0.15, -0.1) is 0 Å². The van der Waals surface area contributed by atoms with Crippen molar-refractivity contribution in [1.29, 1.82) is 0 Å². The first-order chi connectivity index (χ1) is 14.7. The third-order valence-electron chi connectivity index (χ3n) is 5.24.